The summed E-state index contributed by atoms with van der Waals surface area (Å²) in [5.41, 5.74) is 6.17. The molecule has 4 N–H and O–H groups in total. The molecular formula is C19H23N3O4. The molecule has 0 fully saturated rings. The Bertz CT molecular complexity index is 715. The second kappa shape index (κ2) is 10.2. The first-order valence-corrected chi connectivity index (χ1v) is 8.26. The molecule has 0 radical (unpaired) electrons. The molecule has 2 rings (SSSR count). The zero-order valence-electron chi connectivity index (χ0n) is 14.7. The second-order valence-electron chi connectivity index (χ2n) is 5.51. The maximum atomic E-state index is 12.1. The number of carbonyl (C=O) groups is 2. The van der Waals surface area contributed by atoms with Gasteiger partial charge in [0, 0.05) is 37.9 Å². The fraction of sp³-hybridized carbons (Fsp3) is 0.263. The van der Waals surface area contributed by atoms with E-state index in [1.807, 2.05) is 0 Å². The van der Waals surface area contributed by atoms with Gasteiger partial charge in [0.1, 0.15) is 11.5 Å². The molecule has 0 saturated heterocycles. The van der Waals surface area contributed by atoms with Crippen LogP contribution >= 0.6 is 0 Å². The second-order valence-corrected chi connectivity index (χ2v) is 5.51. The normalized spacial score (nSPS) is 10.3. The van der Waals surface area contributed by atoms with Gasteiger partial charge in [-0.3, -0.25) is 9.59 Å². The zero-order valence-corrected chi connectivity index (χ0v) is 14.7. The van der Waals surface area contributed by atoms with Crippen LogP contribution in [0.15, 0.2) is 48.5 Å². The molecule has 0 bridgehead atoms. The van der Waals surface area contributed by atoms with Crippen LogP contribution in [0.1, 0.15) is 20.7 Å². The van der Waals surface area contributed by atoms with E-state index in [-0.39, 0.29) is 5.91 Å². The standard InChI is InChI=1S/C19H23N3O4/c1-25-13-12-21-10-11-22-19(24)15-4-8-17(9-5-15)26-16-6-2-14(3-7-16)18(20)23/h2-9,21H,10-13H2,1H3,(H2,20,23)(H,22,24). The summed E-state index contributed by atoms with van der Waals surface area (Å²) >= 11 is 0. The van der Waals surface area contributed by atoms with Crippen molar-refractivity contribution in [3.8, 4) is 11.5 Å². The van der Waals surface area contributed by atoms with Crippen molar-refractivity contribution in [2.24, 2.45) is 5.73 Å². The highest BCUT2D eigenvalue weighted by atomic mass is 16.5. The average Bonchev–Trinajstić information content (AvgIpc) is 2.65. The number of amides is 2. The molecule has 0 spiro atoms. The van der Waals surface area contributed by atoms with Crippen LogP contribution in [-0.4, -0.2) is 45.2 Å². The van der Waals surface area contributed by atoms with Crippen LogP contribution in [0.5, 0.6) is 11.5 Å². The third-order valence-electron chi connectivity index (χ3n) is 3.56. The van der Waals surface area contributed by atoms with Crippen molar-refractivity contribution in [2.45, 2.75) is 0 Å². The van der Waals surface area contributed by atoms with Crippen molar-refractivity contribution in [1.82, 2.24) is 10.6 Å². The van der Waals surface area contributed by atoms with E-state index in [9.17, 15) is 9.59 Å². The lowest BCUT2D eigenvalue weighted by Gasteiger charge is -2.08. The van der Waals surface area contributed by atoms with Gasteiger partial charge in [0.15, 0.2) is 0 Å². The summed E-state index contributed by atoms with van der Waals surface area (Å²) in [6, 6.07) is 13.3. The minimum Gasteiger partial charge on any atom is -0.457 e. The van der Waals surface area contributed by atoms with Gasteiger partial charge in [-0.1, -0.05) is 0 Å². The van der Waals surface area contributed by atoms with E-state index >= 15 is 0 Å². The molecule has 2 amide bonds. The van der Waals surface area contributed by atoms with Gasteiger partial charge in [-0.25, -0.2) is 0 Å². The van der Waals surface area contributed by atoms with Gasteiger partial charge in [-0.2, -0.15) is 0 Å². The molecule has 0 atom stereocenters. The highest BCUT2D eigenvalue weighted by molar-refractivity contribution is 5.94. The van der Waals surface area contributed by atoms with E-state index in [4.69, 9.17) is 15.2 Å². The first kappa shape index (κ1) is 19.4. The Balaban J connectivity index is 1.81. The Hall–Kier alpha value is -2.90. The molecule has 138 valence electrons. The molecule has 2 aromatic carbocycles. The van der Waals surface area contributed by atoms with Gasteiger partial charge in [0.25, 0.3) is 5.91 Å². The molecule has 0 heterocycles. The number of methoxy groups -OCH3 is 1. The van der Waals surface area contributed by atoms with Crippen LogP contribution < -0.4 is 21.1 Å². The maximum Gasteiger partial charge on any atom is 0.251 e. The molecule has 0 aliphatic rings. The van der Waals surface area contributed by atoms with Crippen molar-refractivity contribution < 1.29 is 19.1 Å². The van der Waals surface area contributed by atoms with Gasteiger partial charge in [0.2, 0.25) is 5.91 Å². The predicted molar refractivity (Wildman–Crippen MR) is 98.6 cm³/mol. The lowest BCUT2D eigenvalue weighted by atomic mass is 10.2. The molecular weight excluding hydrogens is 334 g/mol. The Morgan fingerprint density at radius 3 is 2.00 bits per heavy atom. The maximum absolute atomic E-state index is 12.1. The summed E-state index contributed by atoms with van der Waals surface area (Å²) < 4.78 is 10.6. The highest BCUT2D eigenvalue weighted by Gasteiger charge is 2.06. The minimum absolute atomic E-state index is 0.143. The Kier molecular flexibility index (Phi) is 7.60. The molecule has 7 heteroatoms. The van der Waals surface area contributed by atoms with E-state index in [0.717, 1.165) is 6.54 Å². The van der Waals surface area contributed by atoms with Crippen molar-refractivity contribution in [3.63, 3.8) is 0 Å². The van der Waals surface area contributed by atoms with Crippen LogP contribution in [0.3, 0.4) is 0 Å². The largest absolute Gasteiger partial charge is 0.457 e. The number of primary amides is 1. The smallest absolute Gasteiger partial charge is 0.251 e. The number of hydrogen-bond donors (Lipinski definition) is 3. The number of carbonyl (C=O) groups excluding carboxylic acids is 2. The van der Waals surface area contributed by atoms with Gasteiger partial charge in [-0.15, -0.1) is 0 Å². The van der Waals surface area contributed by atoms with Crippen LogP contribution in [0.2, 0.25) is 0 Å². The van der Waals surface area contributed by atoms with E-state index < -0.39 is 5.91 Å². The Morgan fingerprint density at radius 1 is 0.885 bits per heavy atom. The van der Waals surface area contributed by atoms with E-state index in [1.165, 1.54) is 0 Å². The topological polar surface area (TPSA) is 103 Å². The van der Waals surface area contributed by atoms with Crippen molar-refractivity contribution in [2.75, 3.05) is 33.4 Å². The van der Waals surface area contributed by atoms with Crippen molar-refractivity contribution in [1.29, 1.82) is 0 Å². The Morgan fingerprint density at radius 2 is 1.46 bits per heavy atom. The minimum atomic E-state index is -0.485. The van der Waals surface area contributed by atoms with Gasteiger partial charge >= 0.3 is 0 Å². The average molecular weight is 357 g/mol. The molecule has 26 heavy (non-hydrogen) atoms. The molecule has 0 aliphatic carbocycles. The lowest BCUT2D eigenvalue weighted by molar-refractivity contribution is 0.0952. The number of benzene rings is 2. The van der Waals surface area contributed by atoms with Gasteiger partial charge < -0.3 is 25.8 Å². The molecule has 2 aromatic rings. The molecule has 7 nitrogen and oxygen atoms in total. The summed E-state index contributed by atoms with van der Waals surface area (Å²) in [6.45, 7) is 2.60. The lowest BCUT2D eigenvalue weighted by Crippen LogP contribution is -2.33. The Labute approximate surface area is 152 Å². The van der Waals surface area contributed by atoms with Crippen molar-refractivity contribution >= 4 is 11.8 Å². The molecule has 0 saturated carbocycles. The van der Waals surface area contributed by atoms with Crippen LogP contribution in [0.25, 0.3) is 0 Å². The third kappa shape index (κ3) is 6.19. The number of ether oxygens (including phenoxy) is 2. The number of hydrogen-bond acceptors (Lipinski definition) is 5. The first-order chi connectivity index (χ1) is 12.6. The van der Waals surface area contributed by atoms with E-state index in [0.29, 0.717) is 42.3 Å². The number of nitrogens with two attached hydrogens (primary N) is 1. The SMILES string of the molecule is COCCNCCNC(=O)c1ccc(Oc2ccc(C(N)=O)cc2)cc1. The first-order valence-electron chi connectivity index (χ1n) is 8.26. The highest BCUT2D eigenvalue weighted by Crippen LogP contribution is 2.22. The summed E-state index contributed by atoms with van der Waals surface area (Å²) in [4.78, 5) is 23.1. The fourth-order valence-corrected chi connectivity index (χ4v) is 2.16. The summed E-state index contributed by atoms with van der Waals surface area (Å²) in [5, 5.41) is 5.99. The quantitative estimate of drug-likeness (QED) is 0.560. The number of rotatable bonds is 10. The zero-order chi connectivity index (χ0) is 18.8. The molecule has 0 unspecified atom stereocenters. The van der Waals surface area contributed by atoms with Gasteiger partial charge in [0.05, 0.1) is 6.61 Å². The number of nitrogens with one attached hydrogen (secondary N) is 2. The van der Waals surface area contributed by atoms with Crippen LogP contribution in [-0.2, 0) is 4.74 Å². The monoisotopic (exact) mass is 357 g/mol. The van der Waals surface area contributed by atoms with E-state index in [2.05, 4.69) is 10.6 Å². The molecule has 0 aliphatic heterocycles. The van der Waals surface area contributed by atoms with Crippen LogP contribution in [0.4, 0.5) is 0 Å². The fourth-order valence-electron chi connectivity index (χ4n) is 2.16. The third-order valence-corrected chi connectivity index (χ3v) is 3.56. The summed E-state index contributed by atoms with van der Waals surface area (Å²) in [6.07, 6.45) is 0. The predicted octanol–water partition coefficient (Wildman–Crippen LogP) is 1.54. The van der Waals surface area contributed by atoms with Gasteiger partial charge in [-0.05, 0) is 48.5 Å². The summed E-state index contributed by atoms with van der Waals surface area (Å²) in [5.74, 6) is 0.542. The van der Waals surface area contributed by atoms with Crippen LogP contribution in [0, 0.1) is 0 Å². The molecule has 0 aromatic heterocycles. The van der Waals surface area contributed by atoms with E-state index in [1.54, 1.807) is 55.6 Å². The summed E-state index contributed by atoms with van der Waals surface area (Å²) in [7, 11) is 1.65. The van der Waals surface area contributed by atoms with Crippen molar-refractivity contribution in [3.05, 3.63) is 59.7 Å².